The predicted octanol–water partition coefficient (Wildman–Crippen LogP) is 4.21. The van der Waals surface area contributed by atoms with Crippen molar-refractivity contribution in [1.29, 1.82) is 5.26 Å². The van der Waals surface area contributed by atoms with Gasteiger partial charge in [-0.2, -0.15) is 5.26 Å². The molecule has 0 amide bonds. The highest BCUT2D eigenvalue weighted by Crippen LogP contribution is 2.34. The first kappa shape index (κ1) is 21.0. The molecule has 158 valence electrons. The molecule has 2 N–H and O–H groups in total. The molecule has 1 aliphatic heterocycles. The van der Waals surface area contributed by atoms with Crippen LogP contribution in [0.4, 0.5) is 16.0 Å². The predicted molar refractivity (Wildman–Crippen MR) is 120 cm³/mol. The van der Waals surface area contributed by atoms with Crippen LogP contribution in [0, 0.1) is 24.1 Å². The van der Waals surface area contributed by atoms with Crippen molar-refractivity contribution in [2.24, 2.45) is 0 Å². The van der Waals surface area contributed by atoms with E-state index in [1.54, 1.807) is 12.1 Å². The number of anilines is 2. The summed E-state index contributed by atoms with van der Waals surface area (Å²) in [4.78, 5) is 12.9. The van der Waals surface area contributed by atoms with Crippen molar-refractivity contribution in [2.75, 3.05) is 36.8 Å². The molecule has 2 heterocycles. The summed E-state index contributed by atoms with van der Waals surface area (Å²) in [6.45, 7) is 4.64. The molecule has 0 aliphatic carbocycles. The van der Waals surface area contributed by atoms with Crippen molar-refractivity contribution < 1.29 is 4.39 Å². The van der Waals surface area contributed by atoms with Gasteiger partial charge in [0.2, 0.25) is 0 Å². The molecule has 0 radical (unpaired) electrons. The molecule has 0 bridgehead atoms. The third-order valence-electron chi connectivity index (χ3n) is 5.60. The van der Waals surface area contributed by atoms with Crippen LogP contribution in [-0.4, -0.2) is 41.0 Å². The summed E-state index contributed by atoms with van der Waals surface area (Å²) < 4.78 is 13.4. The van der Waals surface area contributed by atoms with Gasteiger partial charge in [-0.3, -0.25) is 4.90 Å². The molecule has 1 fully saturated rings. The van der Waals surface area contributed by atoms with Gasteiger partial charge in [-0.05, 0) is 41.8 Å². The number of rotatable bonds is 4. The average molecular weight is 437 g/mol. The molecule has 1 unspecified atom stereocenters. The van der Waals surface area contributed by atoms with Gasteiger partial charge in [0.25, 0.3) is 0 Å². The van der Waals surface area contributed by atoms with Crippen LogP contribution in [0.25, 0.3) is 11.1 Å². The van der Waals surface area contributed by atoms with Crippen molar-refractivity contribution >= 4 is 23.2 Å². The number of nitrogen functional groups attached to an aromatic ring is 1. The van der Waals surface area contributed by atoms with Gasteiger partial charge < -0.3 is 10.6 Å². The third kappa shape index (κ3) is 4.31. The second-order valence-corrected chi connectivity index (χ2v) is 7.93. The van der Waals surface area contributed by atoms with E-state index in [1.807, 2.05) is 25.1 Å². The zero-order chi connectivity index (χ0) is 22.0. The van der Waals surface area contributed by atoms with Crippen molar-refractivity contribution in [3.63, 3.8) is 0 Å². The number of halogens is 2. The number of nitriles is 1. The first-order chi connectivity index (χ1) is 15.0. The number of benzene rings is 2. The minimum atomic E-state index is -0.368. The second kappa shape index (κ2) is 8.88. The van der Waals surface area contributed by atoms with Crippen LogP contribution in [-0.2, 0) is 0 Å². The van der Waals surface area contributed by atoms with E-state index in [9.17, 15) is 9.65 Å². The van der Waals surface area contributed by atoms with Crippen LogP contribution in [0.5, 0.6) is 0 Å². The van der Waals surface area contributed by atoms with E-state index < -0.39 is 0 Å². The lowest BCUT2D eigenvalue weighted by Gasteiger charge is -2.38. The fraction of sp³-hybridized carbons (Fsp3) is 0.261. The highest BCUT2D eigenvalue weighted by molar-refractivity contribution is 6.31. The molecule has 3 aromatic rings. The highest BCUT2D eigenvalue weighted by Gasteiger charge is 2.27. The Labute approximate surface area is 185 Å². The minimum absolute atomic E-state index is 0.312. The molecule has 1 atom stereocenters. The lowest BCUT2D eigenvalue weighted by molar-refractivity contribution is 0.222. The zero-order valence-corrected chi connectivity index (χ0v) is 17.8. The standard InChI is InChI=1S/C23H22ClFN6/c1-15-2-3-17(12-19(15)24)20(13-26)30-8-10-31(11-9-30)23-21(22(27)28-14-29-23)16-4-6-18(25)7-5-16/h2-7,12,14,20H,8-11H2,1H3,(H2,27,28,29). The molecular formula is C23H22ClFN6. The first-order valence-electron chi connectivity index (χ1n) is 9.99. The summed E-state index contributed by atoms with van der Waals surface area (Å²) in [5.74, 6) is 0.752. The molecule has 6 nitrogen and oxygen atoms in total. The van der Waals surface area contributed by atoms with E-state index in [0.29, 0.717) is 48.4 Å². The number of aromatic nitrogens is 2. The van der Waals surface area contributed by atoms with Crippen molar-refractivity contribution in [1.82, 2.24) is 14.9 Å². The lowest BCUT2D eigenvalue weighted by atomic mass is 10.0. The third-order valence-corrected chi connectivity index (χ3v) is 6.01. The van der Waals surface area contributed by atoms with Gasteiger partial charge in [-0.25, -0.2) is 14.4 Å². The number of nitrogens with zero attached hydrogens (tertiary/aromatic N) is 5. The van der Waals surface area contributed by atoms with Crippen LogP contribution < -0.4 is 10.6 Å². The van der Waals surface area contributed by atoms with Crippen molar-refractivity contribution in [3.8, 4) is 17.2 Å². The van der Waals surface area contributed by atoms with E-state index in [-0.39, 0.29) is 11.9 Å². The normalized spacial score (nSPS) is 15.5. The van der Waals surface area contributed by atoms with Gasteiger partial charge in [-0.1, -0.05) is 35.9 Å². The maximum atomic E-state index is 13.4. The Balaban J connectivity index is 1.55. The maximum Gasteiger partial charge on any atom is 0.142 e. The van der Waals surface area contributed by atoms with E-state index in [1.165, 1.54) is 18.5 Å². The van der Waals surface area contributed by atoms with Crippen molar-refractivity contribution in [3.05, 3.63) is 70.8 Å². The number of nitrogens with two attached hydrogens (primary N) is 1. The topological polar surface area (TPSA) is 82.1 Å². The van der Waals surface area contributed by atoms with E-state index in [4.69, 9.17) is 17.3 Å². The molecule has 1 aliphatic rings. The van der Waals surface area contributed by atoms with Crippen LogP contribution in [0.2, 0.25) is 5.02 Å². The largest absolute Gasteiger partial charge is 0.383 e. The molecule has 0 spiro atoms. The van der Waals surface area contributed by atoms with Crippen LogP contribution in [0.3, 0.4) is 0 Å². The number of hydrogen-bond acceptors (Lipinski definition) is 6. The van der Waals surface area contributed by atoms with Gasteiger partial charge in [0.1, 0.15) is 29.8 Å². The molecule has 2 aromatic carbocycles. The fourth-order valence-corrected chi connectivity index (χ4v) is 4.05. The Kier molecular flexibility index (Phi) is 6.03. The zero-order valence-electron chi connectivity index (χ0n) is 17.1. The van der Waals surface area contributed by atoms with E-state index in [0.717, 1.165) is 16.7 Å². The summed E-state index contributed by atoms with van der Waals surface area (Å²) in [6, 6.07) is 14.0. The van der Waals surface area contributed by atoms with Crippen LogP contribution in [0.1, 0.15) is 17.2 Å². The average Bonchev–Trinajstić information content (AvgIpc) is 2.78. The fourth-order valence-electron chi connectivity index (χ4n) is 3.86. The molecule has 4 rings (SSSR count). The quantitative estimate of drug-likeness (QED) is 0.659. The number of piperazine rings is 1. The molecule has 8 heteroatoms. The SMILES string of the molecule is Cc1ccc(C(C#N)N2CCN(c3ncnc(N)c3-c3ccc(F)cc3)CC2)cc1Cl. The van der Waals surface area contributed by atoms with Crippen LogP contribution >= 0.6 is 11.6 Å². The number of aryl methyl sites for hydroxylation is 1. The summed E-state index contributed by atoms with van der Waals surface area (Å²) in [5.41, 5.74) is 9.50. The van der Waals surface area contributed by atoms with Gasteiger partial charge in [0, 0.05) is 31.2 Å². The Morgan fingerprint density at radius 3 is 2.45 bits per heavy atom. The van der Waals surface area contributed by atoms with Gasteiger partial charge in [0.05, 0.1) is 11.6 Å². The monoisotopic (exact) mass is 436 g/mol. The Morgan fingerprint density at radius 2 is 1.81 bits per heavy atom. The minimum Gasteiger partial charge on any atom is -0.383 e. The van der Waals surface area contributed by atoms with Gasteiger partial charge >= 0.3 is 0 Å². The summed E-state index contributed by atoms with van der Waals surface area (Å²) in [6.07, 6.45) is 1.44. The number of hydrogen-bond donors (Lipinski definition) is 1. The molecule has 0 saturated carbocycles. The summed E-state index contributed by atoms with van der Waals surface area (Å²) >= 11 is 6.27. The molecule has 31 heavy (non-hydrogen) atoms. The van der Waals surface area contributed by atoms with Gasteiger partial charge in [0.15, 0.2) is 0 Å². The summed E-state index contributed by atoms with van der Waals surface area (Å²) in [7, 11) is 0. The lowest BCUT2D eigenvalue weighted by Crippen LogP contribution is -2.48. The smallest absolute Gasteiger partial charge is 0.142 e. The van der Waals surface area contributed by atoms with Gasteiger partial charge in [-0.15, -0.1) is 0 Å². The Hall–Kier alpha value is -3.21. The molecule has 1 saturated heterocycles. The highest BCUT2D eigenvalue weighted by atomic mass is 35.5. The van der Waals surface area contributed by atoms with E-state index >= 15 is 0 Å². The first-order valence-corrected chi connectivity index (χ1v) is 10.4. The van der Waals surface area contributed by atoms with E-state index in [2.05, 4.69) is 25.8 Å². The maximum absolute atomic E-state index is 13.4. The van der Waals surface area contributed by atoms with Crippen LogP contribution in [0.15, 0.2) is 48.8 Å². The van der Waals surface area contributed by atoms with Crippen molar-refractivity contribution in [2.45, 2.75) is 13.0 Å². The second-order valence-electron chi connectivity index (χ2n) is 7.53. The summed E-state index contributed by atoms with van der Waals surface area (Å²) in [5, 5.41) is 10.5. The Bertz CT molecular complexity index is 1120. The molecular weight excluding hydrogens is 415 g/mol. The Morgan fingerprint density at radius 1 is 1.10 bits per heavy atom. The molecule has 1 aromatic heterocycles.